The number of hydrogen-bond acceptors (Lipinski definition) is 2. The number of nitrogens with zero attached hydrogens (tertiary/aromatic N) is 1. The third-order valence-corrected chi connectivity index (χ3v) is 2.05. The van der Waals surface area contributed by atoms with Crippen molar-refractivity contribution in [3.05, 3.63) is 41.9 Å². The van der Waals surface area contributed by atoms with Gasteiger partial charge in [-0.15, -0.1) is 0 Å². The van der Waals surface area contributed by atoms with E-state index in [1.807, 2.05) is 13.0 Å². The fraction of sp³-hybridized carbons (Fsp3) is 0.182. The van der Waals surface area contributed by atoms with Gasteiger partial charge in [-0.05, 0) is 24.3 Å². The predicted octanol–water partition coefficient (Wildman–Crippen LogP) is 3.04. The SMILES string of the molecule is CCc1cc(-c2ccc(F)cc2)no1. The Hall–Kier alpha value is -1.64. The second-order valence-electron chi connectivity index (χ2n) is 3.04. The van der Waals surface area contributed by atoms with E-state index in [0.717, 1.165) is 23.4 Å². The number of aromatic nitrogens is 1. The van der Waals surface area contributed by atoms with Crippen LogP contribution < -0.4 is 0 Å². The van der Waals surface area contributed by atoms with Gasteiger partial charge in [0.05, 0.1) is 0 Å². The zero-order valence-electron chi connectivity index (χ0n) is 7.83. The van der Waals surface area contributed by atoms with Crippen LogP contribution in [0.1, 0.15) is 12.7 Å². The van der Waals surface area contributed by atoms with Crippen LogP contribution in [-0.2, 0) is 6.42 Å². The molecular weight excluding hydrogens is 181 g/mol. The van der Waals surface area contributed by atoms with E-state index in [4.69, 9.17) is 4.52 Å². The van der Waals surface area contributed by atoms with Crippen molar-refractivity contribution in [3.63, 3.8) is 0 Å². The van der Waals surface area contributed by atoms with Gasteiger partial charge in [0, 0.05) is 18.1 Å². The molecule has 1 aromatic heterocycles. The van der Waals surface area contributed by atoms with Crippen LogP contribution in [0.3, 0.4) is 0 Å². The summed E-state index contributed by atoms with van der Waals surface area (Å²) in [7, 11) is 0. The molecule has 2 rings (SSSR count). The summed E-state index contributed by atoms with van der Waals surface area (Å²) >= 11 is 0. The monoisotopic (exact) mass is 191 g/mol. The number of hydrogen-bond donors (Lipinski definition) is 0. The molecule has 0 aliphatic heterocycles. The van der Waals surface area contributed by atoms with E-state index in [1.54, 1.807) is 12.1 Å². The maximum atomic E-state index is 12.6. The van der Waals surface area contributed by atoms with E-state index in [-0.39, 0.29) is 5.82 Å². The van der Waals surface area contributed by atoms with Crippen LogP contribution in [0.15, 0.2) is 34.9 Å². The molecule has 0 spiro atoms. The normalized spacial score (nSPS) is 10.4. The van der Waals surface area contributed by atoms with Gasteiger partial charge in [-0.1, -0.05) is 12.1 Å². The fourth-order valence-corrected chi connectivity index (χ4v) is 1.24. The molecule has 1 aromatic carbocycles. The zero-order chi connectivity index (χ0) is 9.97. The Bertz CT molecular complexity index is 419. The lowest BCUT2D eigenvalue weighted by Gasteiger charge is -1.93. The Morgan fingerprint density at radius 1 is 1.29 bits per heavy atom. The van der Waals surface area contributed by atoms with E-state index in [2.05, 4.69) is 5.16 Å². The molecule has 14 heavy (non-hydrogen) atoms. The molecular formula is C11H10FNO. The Kier molecular flexibility index (Phi) is 2.31. The predicted molar refractivity (Wildman–Crippen MR) is 51.3 cm³/mol. The van der Waals surface area contributed by atoms with Gasteiger partial charge in [0.2, 0.25) is 0 Å². The van der Waals surface area contributed by atoms with E-state index in [9.17, 15) is 4.39 Å². The molecule has 0 bridgehead atoms. The summed E-state index contributed by atoms with van der Waals surface area (Å²) in [5.74, 6) is 0.595. The van der Waals surface area contributed by atoms with Gasteiger partial charge in [-0.25, -0.2) is 4.39 Å². The van der Waals surface area contributed by atoms with Crippen molar-refractivity contribution >= 4 is 0 Å². The molecule has 0 saturated carbocycles. The summed E-state index contributed by atoms with van der Waals surface area (Å²) in [4.78, 5) is 0. The maximum absolute atomic E-state index is 12.6. The van der Waals surface area contributed by atoms with Crippen molar-refractivity contribution in [1.29, 1.82) is 0 Å². The largest absolute Gasteiger partial charge is 0.361 e. The molecule has 2 aromatic rings. The van der Waals surface area contributed by atoms with E-state index in [1.165, 1.54) is 12.1 Å². The smallest absolute Gasteiger partial charge is 0.137 e. The molecule has 0 radical (unpaired) electrons. The molecule has 0 aliphatic carbocycles. The van der Waals surface area contributed by atoms with Gasteiger partial charge < -0.3 is 4.52 Å². The van der Waals surface area contributed by atoms with Crippen LogP contribution in [0.2, 0.25) is 0 Å². The molecule has 0 N–H and O–H groups in total. The third-order valence-electron chi connectivity index (χ3n) is 2.05. The van der Waals surface area contributed by atoms with Crippen molar-refractivity contribution in [2.75, 3.05) is 0 Å². The Morgan fingerprint density at radius 3 is 2.57 bits per heavy atom. The van der Waals surface area contributed by atoms with Gasteiger partial charge in [-0.3, -0.25) is 0 Å². The summed E-state index contributed by atoms with van der Waals surface area (Å²) in [6.45, 7) is 1.99. The molecule has 0 unspecified atom stereocenters. The van der Waals surface area contributed by atoms with E-state index >= 15 is 0 Å². The highest BCUT2D eigenvalue weighted by atomic mass is 19.1. The molecule has 0 saturated heterocycles. The first kappa shape index (κ1) is 8.94. The molecule has 1 heterocycles. The summed E-state index contributed by atoms with van der Waals surface area (Å²) < 4.78 is 17.7. The second kappa shape index (κ2) is 3.62. The van der Waals surface area contributed by atoms with Gasteiger partial charge >= 0.3 is 0 Å². The highest BCUT2D eigenvalue weighted by Gasteiger charge is 2.04. The summed E-state index contributed by atoms with van der Waals surface area (Å²) in [6, 6.07) is 8.07. The fourth-order valence-electron chi connectivity index (χ4n) is 1.24. The Labute approximate surface area is 81.3 Å². The first-order chi connectivity index (χ1) is 6.79. The average Bonchev–Trinajstić information content (AvgIpc) is 2.67. The zero-order valence-corrected chi connectivity index (χ0v) is 7.83. The first-order valence-electron chi connectivity index (χ1n) is 4.51. The Balaban J connectivity index is 2.34. The minimum atomic E-state index is -0.243. The highest BCUT2D eigenvalue weighted by molar-refractivity contribution is 5.58. The van der Waals surface area contributed by atoms with Crippen LogP contribution in [0, 0.1) is 5.82 Å². The molecule has 72 valence electrons. The molecule has 0 aliphatic rings. The lowest BCUT2D eigenvalue weighted by Crippen LogP contribution is -1.77. The van der Waals surface area contributed by atoms with Crippen LogP contribution in [0.5, 0.6) is 0 Å². The number of benzene rings is 1. The molecule has 0 amide bonds. The van der Waals surface area contributed by atoms with Crippen LogP contribution >= 0.6 is 0 Å². The van der Waals surface area contributed by atoms with E-state index in [0.29, 0.717) is 0 Å². The van der Waals surface area contributed by atoms with Crippen molar-refractivity contribution in [3.8, 4) is 11.3 Å². The lowest BCUT2D eigenvalue weighted by atomic mass is 10.1. The summed E-state index contributed by atoms with van der Waals surface area (Å²) in [5, 5.41) is 3.89. The minimum Gasteiger partial charge on any atom is -0.361 e. The van der Waals surface area contributed by atoms with Crippen molar-refractivity contribution in [2.45, 2.75) is 13.3 Å². The standard InChI is InChI=1S/C11H10FNO/c1-2-10-7-11(13-14-10)8-3-5-9(12)6-4-8/h3-7H,2H2,1H3. The Morgan fingerprint density at radius 2 is 2.00 bits per heavy atom. The van der Waals surface area contributed by atoms with Gasteiger partial charge in [0.1, 0.15) is 17.3 Å². The quantitative estimate of drug-likeness (QED) is 0.729. The third kappa shape index (κ3) is 1.66. The van der Waals surface area contributed by atoms with Crippen molar-refractivity contribution in [1.82, 2.24) is 5.16 Å². The van der Waals surface area contributed by atoms with Crippen LogP contribution in [0.25, 0.3) is 11.3 Å². The highest BCUT2D eigenvalue weighted by Crippen LogP contribution is 2.19. The van der Waals surface area contributed by atoms with Crippen molar-refractivity contribution < 1.29 is 8.91 Å². The molecule has 0 fully saturated rings. The number of aryl methyl sites for hydroxylation is 1. The van der Waals surface area contributed by atoms with Gasteiger partial charge in [-0.2, -0.15) is 0 Å². The second-order valence-corrected chi connectivity index (χ2v) is 3.04. The number of halogens is 1. The topological polar surface area (TPSA) is 26.0 Å². The van der Waals surface area contributed by atoms with Crippen LogP contribution in [0.4, 0.5) is 4.39 Å². The first-order valence-corrected chi connectivity index (χ1v) is 4.51. The summed E-state index contributed by atoms with van der Waals surface area (Å²) in [6.07, 6.45) is 0.814. The lowest BCUT2D eigenvalue weighted by molar-refractivity contribution is 0.389. The molecule has 2 nitrogen and oxygen atoms in total. The van der Waals surface area contributed by atoms with Gasteiger partial charge in [0.15, 0.2) is 0 Å². The van der Waals surface area contributed by atoms with Crippen molar-refractivity contribution in [2.24, 2.45) is 0 Å². The summed E-state index contributed by atoms with van der Waals surface area (Å²) in [5.41, 5.74) is 1.62. The van der Waals surface area contributed by atoms with Gasteiger partial charge in [0.25, 0.3) is 0 Å². The minimum absolute atomic E-state index is 0.243. The van der Waals surface area contributed by atoms with Crippen LogP contribution in [-0.4, -0.2) is 5.16 Å². The molecule has 3 heteroatoms. The van der Waals surface area contributed by atoms with E-state index < -0.39 is 0 Å². The number of rotatable bonds is 2. The maximum Gasteiger partial charge on any atom is 0.137 e. The molecule has 0 atom stereocenters. The average molecular weight is 191 g/mol.